The Kier molecular flexibility index (Phi) is 2.72. The lowest BCUT2D eigenvalue weighted by Gasteiger charge is -1.94. The van der Waals surface area contributed by atoms with Crippen molar-refractivity contribution in [1.82, 2.24) is 0 Å². The summed E-state index contributed by atoms with van der Waals surface area (Å²) in [7, 11) is 1.30. The van der Waals surface area contributed by atoms with Crippen LogP contribution in [0.3, 0.4) is 0 Å². The molecule has 46 valence electrons. The third kappa shape index (κ3) is 1.70. The van der Waals surface area contributed by atoms with Gasteiger partial charge in [0.2, 0.25) is 5.88 Å². The molecular weight excluding hydrogens is 118 g/mol. The largest absolute Gasteiger partial charge is 0.481 e. The number of nitrogens with two attached hydrogens (primary N) is 1. The van der Waals surface area contributed by atoms with E-state index in [0.29, 0.717) is 0 Å². The summed E-state index contributed by atoms with van der Waals surface area (Å²) in [5, 5.41) is 16.3. The van der Waals surface area contributed by atoms with Crippen molar-refractivity contribution in [3.63, 3.8) is 0 Å². The van der Waals surface area contributed by atoms with E-state index in [4.69, 9.17) is 16.3 Å². The van der Waals surface area contributed by atoms with Crippen LogP contribution >= 0.6 is 0 Å². The number of hydrogen-bond acceptors (Lipinski definition) is 4. The zero-order valence-electron chi connectivity index (χ0n) is 4.88. The summed E-state index contributed by atoms with van der Waals surface area (Å²) < 4.78 is 4.41. The molecular formula is C5H5N3O. The van der Waals surface area contributed by atoms with Gasteiger partial charge in [0.05, 0.1) is 7.11 Å². The van der Waals surface area contributed by atoms with Crippen LogP contribution in [0.5, 0.6) is 0 Å². The fourth-order valence-corrected chi connectivity index (χ4v) is 0.237. The van der Waals surface area contributed by atoms with Crippen LogP contribution in [0.25, 0.3) is 0 Å². The number of rotatable bonds is 1. The van der Waals surface area contributed by atoms with Gasteiger partial charge in [-0.2, -0.15) is 10.5 Å². The van der Waals surface area contributed by atoms with Gasteiger partial charge in [-0.05, 0) is 0 Å². The topological polar surface area (TPSA) is 82.8 Å². The summed E-state index contributed by atoms with van der Waals surface area (Å²) in [5.41, 5.74) is 4.85. The molecule has 0 aliphatic carbocycles. The van der Waals surface area contributed by atoms with Gasteiger partial charge < -0.3 is 10.5 Å². The summed E-state index contributed by atoms with van der Waals surface area (Å²) in [6.07, 6.45) is 0. The lowest BCUT2D eigenvalue weighted by atomic mass is 10.3. The van der Waals surface area contributed by atoms with Gasteiger partial charge in [0.25, 0.3) is 0 Å². The van der Waals surface area contributed by atoms with Gasteiger partial charge in [-0.15, -0.1) is 0 Å². The van der Waals surface area contributed by atoms with Crippen LogP contribution < -0.4 is 5.73 Å². The lowest BCUT2D eigenvalue weighted by Crippen LogP contribution is -2.02. The van der Waals surface area contributed by atoms with Crippen LogP contribution in [-0.2, 0) is 4.74 Å². The molecule has 0 heterocycles. The highest BCUT2D eigenvalue weighted by Crippen LogP contribution is 1.94. The molecule has 4 heteroatoms. The van der Waals surface area contributed by atoms with E-state index in [9.17, 15) is 0 Å². The van der Waals surface area contributed by atoms with Crippen molar-refractivity contribution < 1.29 is 4.74 Å². The highest BCUT2D eigenvalue weighted by Gasteiger charge is 1.98. The Morgan fingerprint density at radius 1 is 1.44 bits per heavy atom. The number of ether oxygens (including phenoxy) is 1. The molecule has 0 spiro atoms. The van der Waals surface area contributed by atoms with Crippen LogP contribution in [0, 0.1) is 22.7 Å². The van der Waals surface area contributed by atoms with E-state index < -0.39 is 0 Å². The van der Waals surface area contributed by atoms with Gasteiger partial charge in [0.1, 0.15) is 12.1 Å². The Labute approximate surface area is 52.7 Å². The smallest absolute Gasteiger partial charge is 0.213 e. The molecule has 0 atom stereocenters. The summed E-state index contributed by atoms with van der Waals surface area (Å²) in [6.45, 7) is 0. The van der Waals surface area contributed by atoms with Crippen LogP contribution in [0.4, 0.5) is 0 Å². The van der Waals surface area contributed by atoms with E-state index in [-0.39, 0.29) is 11.5 Å². The minimum absolute atomic E-state index is 0.139. The second kappa shape index (κ2) is 3.34. The average Bonchev–Trinajstić information content (AvgIpc) is 1.90. The molecule has 0 saturated carbocycles. The summed E-state index contributed by atoms with van der Waals surface area (Å²) in [6, 6.07) is 3.14. The molecule has 0 radical (unpaired) electrons. The summed E-state index contributed by atoms with van der Waals surface area (Å²) >= 11 is 0. The van der Waals surface area contributed by atoms with Crippen molar-refractivity contribution in [3.8, 4) is 12.1 Å². The van der Waals surface area contributed by atoms with Crippen molar-refractivity contribution in [3.05, 3.63) is 11.5 Å². The van der Waals surface area contributed by atoms with E-state index in [1.54, 1.807) is 12.1 Å². The Bertz CT molecular complexity index is 189. The van der Waals surface area contributed by atoms with Crippen molar-refractivity contribution >= 4 is 0 Å². The molecule has 0 amide bonds. The van der Waals surface area contributed by atoms with Crippen LogP contribution in [0.1, 0.15) is 0 Å². The molecule has 0 aromatic rings. The Morgan fingerprint density at radius 2 is 1.89 bits per heavy atom. The van der Waals surface area contributed by atoms with Crippen LogP contribution in [0.15, 0.2) is 11.5 Å². The van der Waals surface area contributed by atoms with E-state index in [1.807, 2.05) is 0 Å². The number of nitriles is 2. The molecule has 0 rings (SSSR count). The Balaban J connectivity index is 4.49. The Hall–Kier alpha value is -1.68. The second-order valence-corrected chi connectivity index (χ2v) is 1.17. The van der Waals surface area contributed by atoms with Gasteiger partial charge in [-0.25, -0.2) is 0 Å². The standard InChI is InChI=1S/C5H5N3O/c1-9-5(8)4(2-6)3-7/h8H2,1H3. The average molecular weight is 123 g/mol. The molecule has 0 aromatic carbocycles. The predicted octanol–water partition coefficient (Wildman–Crippen LogP) is -0.150. The first kappa shape index (κ1) is 7.32. The van der Waals surface area contributed by atoms with Gasteiger partial charge in [-0.3, -0.25) is 0 Å². The number of nitrogens with zero attached hydrogens (tertiary/aromatic N) is 2. The minimum atomic E-state index is -0.197. The van der Waals surface area contributed by atoms with Crippen molar-refractivity contribution in [2.75, 3.05) is 7.11 Å². The van der Waals surface area contributed by atoms with E-state index in [0.717, 1.165) is 0 Å². The third-order valence-electron chi connectivity index (χ3n) is 0.690. The first-order chi connectivity index (χ1) is 4.26. The lowest BCUT2D eigenvalue weighted by molar-refractivity contribution is 0.285. The van der Waals surface area contributed by atoms with Crippen LogP contribution in [-0.4, -0.2) is 7.11 Å². The summed E-state index contributed by atoms with van der Waals surface area (Å²) in [4.78, 5) is 0. The fraction of sp³-hybridized carbons (Fsp3) is 0.200. The molecule has 0 aliphatic heterocycles. The third-order valence-corrected chi connectivity index (χ3v) is 0.690. The zero-order valence-corrected chi connectivity index (χ0v) is 4.88. The molecule has 9 heavy (non-hydrogen) atoms. The monoisotopic (exact) mass is 123 g/mol. The fourth-order valence-electron chi connectivity index (χ4n) is 0.237. The van der Waals surface area contributed by atoms with Crippen molar-refractivity contribution in [2.24, 2.45) is 5.73 Å². The molecule has 0 unspecified atom stereocenters. The molecule has 0 bridgehead atoms. The highest BCUT2D eigenvalue weighted by molar-refractivity contribution is 5.36. The maximum absolute atomic E-state index is 8.14. The van der Waals surface area contributed by atoms with Gasteiger partial charge in [0, 0.05) is 0 Å². The molecule has 0 aromatic heterocycles. The maximum atomic E-state index is 8.14. The maximum Gasteiger partial charge on any atom is 0.213 e. The van der Waals surface area contributed by atoms with Crippen molar-refractivity contribution in [2.45, 2.75) is 0 Å². The van der Waals surface area contributed by atoms with Gasteiger partial charge in [0.15, 0.2) is 5.57 Å². The van der Waals surface area contributed by atoms with Crippen LogP contribution in [0.2, 0.25) is 0 Å². The zero-order chi connectivity index (χ0) is 7.28. The van der Waals surface area contributed by atoms with Gasteiger partial charge >= 0.3 is 0 Å². The van der Waals surface area contributed by atoms with E-state index in [2.05, 4.69) is 4.74 Å². The predicted molar refractivity (Wildman–Crippen MR) is 29.4 cm³/mol. The molecule has 2 N–H and O–H groups in total. The molecule has 0 fully saturated rings. The molecule has 4 nitrogen and oxygen atoms in total. The van der Waals surface area contributed by atoms with Gasteiger partial charge in [-0.1, -0.05) is 0 Å². The highest BCUT2D eigenvalue weighted by atomic mass is 16.5. The first-order valence-electron chi connectivity index (χ1n) is 2.10. The first-order valence-corrected chi connectivity index (χ1v) is 2.10. The SMILES string of the molecule is COC(N)=C(C#N)C#N. The number of methoxy groups -OCH3 is 1. The normalized spacial score (nSPS) is 6.56. The number of allylic oxidation sites excluding steroid dienone is 1. The van der Waals surface area contributed by atoms with E-state index >= 15 is 0 Å². The second-order valence-electron chi connectivity index (χ2n) is 1.17. The summed E-state index contributed by atoms with van der Waals surface area (Å²) in [5.74, 6) is -0.139. The molecule has 0 saturated heterocycles. The van der Waals surface area contributed by atoms with E-state index in [1.165, 1.54) is 7.11 Å². The van der Waals surface area contributed by atoms with Crippen molar-refractivity contribution in [1.29, 1.82) is 10.5 Å². The minimum Gasteiger partial charge on any atom is -0.481 e. The number of hydrogen-bond donors (Lipinski definition) is 1. The Morgan fingerprint density at radius 3 is 2.00 bits per heavy atom. The molecule has 0 aliphatic rings. The quantitative estimate of drug-likeness (QED) is 0.388.